The van der Waals surface area contributed by atoms with Gasteiger partial charge in [-0.1, -0.05) is 6.07 Å². The Balaban J connectivity index is 1.55. The molecule has 0 atom stereocenters. The van der Waals surface area contributed by atoms with Crippen LogP contribution in [-0.2, 0) is 0 Å². The Morgan fingerprint density at radius 3 is 2.54 bits per heavy atom. The van der Waals surface area contributed by atoms with Crippen molar-refractivity contribution >= 4 is 17.4 Å². The number of piperazine rings is 1. The predicted molar refractivity (Wildman–Crippen MR) is 95.4 cm³/mol. The monoisotopic (exact) mass is 356 g/mol. The summed E-state index contributed by atoms with van der Waals surface area (Å²) >= 11 is 0. The molecule has 1 saturated heterocycles. The zero-order valence-corrected chi connectivity index (χ0v) is 14.1. The van der Waals surface area contributed by atoms with Crippen LogP contribution in [-0.4, -0.2) is 45.5 Å². The lowest BCUT2D eigenvalue weighted by atomic mass is 10.3. The van der Waals surface area contributed by atoms with Crippen molar-refractivity contribution in [1.29, 1.82) is 0 Å². The highest BCUT2D eigenvalue weighted by atomic mass is 19.1. The molecule has 1 N–H and O–H groups in total. The summed E-state index contributed by atoms with van der Waals surface area (Å²) in [6.07, 6.45) is 1.69. The molecule has 0 saturated carbocycles. The van der Waals surface area contributed by atoms with Gasteiger partial charge in [0.15, 0.2) is 0 Å². The number of rotatable bonds is 2. The number of anilines is 2. The number of fused-ring (bicyclic) bond motifs is 1. The number of hydrogen-bond acceptors (Lipinski definition) is 6. The number of H-pyrrole nitrogens is 1. The first kappa shape index (κ1) is 16.2. The summed E-state index contributed by atoms with van der Waals surface area (Å²) in [6, 6.07) is 6.93. The third-order valence-corrected chi connectivity index (χ3v) is 4.48. The molecule has 0 aliphatic carbocycles. The molecule has 3 aromatic heterocycles. The molecule has 0 unspecified atom stereocenters. The minimum atomic E-state index is -0.853. The first-order valence-electron chi connectivity index (χ1n) is 8.28. The molecule has 0 aromatic carbocycles. The number of aryl methyl sites for hydroxylation is 1. The Bertz CT molecular complexity index is 1080. The van der Waals surface area contributed by atoms with Crippen LogP contribution < -0.4 is 20.9 Å². The van der Waals surface area contributed by atoms with Crippen molar-refractivity contribution in [3.8, 4) is 0 Å². The highest BCUT2D eigenvalue weighted by molar-refractivity contribution is 5.49. The second-order valence-electron chi connectivity index (χ2n) is 6.14. The van der Waals surface area contributed by atoms with E-state index in [1.807, 2.05) is 15.9 Å². The van der Waals surface area contributed by atoms with Gasteiger partial charge in [-0.25, -0.2) is 9.97 Å². The number of nitrogens with zero attached hydrogens (tertiary/aromatic N) is 5. The number of halogens is 1. The molecule has 0 bridgehead atoms. The van der Waals surface area contributed by atoms with E-state index in [2.05, 4.69) is 15.0 Å². The van der Waals surface area contributed by atoms with Crippen molar-refractivity contribution in [2.45, 2.75) is 6.92 Å². The Hall–Kier alpha value is -3.23. The summed E-state index contributed by atoms with van der Waals surface area (Å²) in [5, 5.41) is 0. The average Bonchev–Trinajstić information content (AvgIpc) is 2.66. The summed E-state index contributed by atoms with van der Waals surface area (Å²) in [6.45, 7) is 3.83. The van der Waals surface area contributed by atoms with Gasteiger partial charge in [0.2, 0.25) is 11.8 Å². The zero-order valence-electron chi connectivity index (χ0n) is 14.1. The second kappa shape index (κ2) is 6.25. The van der Waals surface area contributed by atoms with Crippen LogP contribution in [0, 0.1) is 12.7 Å². The van der Waals surface area contributed by atoms with Crippen LogP contribution in [0.15, 0.2) is 40.1 Å². The van der Waals surface area contributed by atoms with Crippen molar-refractivity contribution in [3.05, 3.63) is 62.7 Å². The largest absolute Gasteiger partial charge is 0.353 e. The van der Waals surface area contributed by atoms with Gasteiger partial charge in [0.25, 0.3) is 11.1 Å². The summed E-state index contributed by atoms with van der Waals surface area (Å²) in [5.74, 6) is 0.130. The van der Waals surface area contributed by atoms with E-state index in [1.54, 1.807) is 18.3 Å². The Morgan fingerprint density at radius 1 is 1.08 bits per heavy atom. The maximum Gasteiger partial charge on any atom is 0.288 e. The first-order valence-corrected chi connectivity index (χ1v) is 8.28. The lowest BCUT2D eigenvalue weighted by molar-refractivity contribution is 0.579. The lowest BCUT2D eigenvalue weighted by Crippen LogP contribution is -2.48. The Labute approximate surface area is 147 Å². The third-order valence-electron chi connectivity index (χ3n) is 4.48. The van der Waals surface area contributed by atoms with E-state index in [1.165, 1.54) is 17.4 Å². The van der Waals surface area contributed by atoms with Crippen LogP contribution in [0.25, 0.3) is 5.65 Å². The minimum absolute atomic E-state index is 0.0791. The molecule has 134 valence electrons. The van der Waals surface area contributed by atoms with Crippen molar-refractivity contribution in [3.63, 3.8) is 0 Å². The van der Waals surface area contributed by atoms with Crippen molar-refractivity contribution in [1.82, 2.24) is 19.4 Å². The van der Waals surface area contributed by atoms with Crippen LogP contribution in [0.4, 0.5) is 16.2 Å². The first-order chi connectivity index (χ1) is 12.5. The van der Waals surface area contributed by atoms with Gasteiger partial charge in [-0.05, 0) is 19.1 Å². The minimum Gasteiger partial charge on any atom is -0.353 e. The van der Waals surface area contributed by atoms with Gasteiger partial charge in [0.1, 0.15) is 11.5 Å². The van der Waals surface area contributed by atoms with E-state index < -0.39 is 11.4 Å². The number of hydrogen-bond donors (Lipinski definition) is 1. The molecule has 1 aliphatic rings. The summed E-state index contributed by atoms with van der Waals surface area (Å²) < 4.78 is 14.9. The van der Waals surface area contributed by atoms with Crippen molar-refractivity contribution < 1.29 is 4.39 Å². The van der Waals surface area contributed by atoms with Gasteiger partial charge in [0.05, 0.1) is 5.69 Å². The molecule has 4 rings (SSSR count). The van der Waals surface area contributed by atoms with E-state index in [-0.39, 0.29) is 11.3 Å². The van der Waals surface area contributed by atoms with Gasteiger partial charge in [-0.2, -0.15) is 4.39 Å². The average molecular weight is 356 g/mol. The van der Waals surface area contributed by atoms with Crippen LogP contribution >= 0.6 is 0 Å². The molecule has 1 aliphatic heterocycles. The number of aromatic amines is 1. The number of pyridine rings is 1. The van der Waals surface area contributed by atoms with Crippen LogP contribution in [0.5, 0.6) is 0 Å². The molecule has 8 nitrogen and oxygen atoms in total. The molecule has 0 amide bonds. The lowest BCUT2D eigenvalue weighted by Gasteiger charge is -2.35. The Kier molecular flexibility index (Phi) is 3.90. The highest BCUT2D eigenvalue weighted by Gasteiger charge is 2.21. The summed E-state index contributed by atoms with van der Waals surface area (Å²) in [5.41, 5.74) is -0.222. The van der Waals surface area contributed by atoms with E-state index in [0.29, 0.717) is 43.6 Å². The number of nitrogens with one attached hydrogen (secondary N) is 1. The fourth-order valence-electron chi connectivity index (χ4n) is 3.06. The SMILES string of the molecule is Cc1nc(N2CCN(c3cc(=O)n4ccccc4n3)CC2)[nH]c(=O)c1F. The maximum absolute atomic E-state index is 13.5. The van der Waals surface area contributed by atoms with Gasteiger partial charge < -0.3 is 9.80 Å². The fourth-order valence-corrected chi connectivity index (χ4v) is 3.06. The van der Waals surface area contributed by atoms with Crippen molar-refractivity contribution in [2.75, 3.05) is 36.0 Å². The normalized spacial score (nSPS) is 14.8. The van der Waals surface area contributed by atoms with E-state index in [0.717, 1.165) is 0 Å². The van der Waals surface area contributed by atoms with Crippen molar-refractivity contribution in [2.24, 2.45) is 0 Å². The van der Waals surface area contributed by atoms with E-state index in [4.69, 9.17) is 0 Å². The van der Waals surface area contributed by atoms with E-state index in [9.17, 15) is 14.0 Å². The molecule has 3 aromatic rings. The fraction of sp³-hybridized carbons (Fsp3) is 0.294. The van der Waals surface area contributed by atoms with Crippen LogP contribution in [0.1, 0.15) is 5.69 Å². The summed E-state index contributed by atoms with van der Waals surface area (Å²) in [4.78, 5) is 38.9. The molecular weight excluding hydrogens is 339 g/mol. The molecule has 0 spiro atoms. The summed E-state index contributed by atoms with van der Waals surface area (Å²) in [7, 11) is 0. The highest BCUT2D eigenvalue weighted by Crippen LogP contribution is 2.16. The predicted octanol–water partition coefficient (Wildman–Crippen LogP) is 0.552. The quantitative estimate of drug-likeness (QED) is 0.722. The second-order valence-corrected chi connectivity index (χ2v) is 6.14. The molecule has 0 radical (unpaired) electrons. The third kappa shape index (κ3) is 2.81. The van der Waals surface area contributed by atoms with Gasteiger partial charge in [-0.3, -0.25) is 19.0 Å². The van der Waals surface area contributed by atoms with Crippen LogP contribution in [0.3, 0.4) is 0 Å². The van der Waals surface area contributed by atoms with Gasteiger partial charge >= 0.3 is 0 Å². The molecule has 9 heteroatoms. The topological polar surface area (TPSA) is 86.6 Å². The molecule has 4 heterocycles. The van der Waals surface area contributed by atoms with Gasteiger partial charge in [-0.15, -0.1) is 0 Å². The molecule has 1 fully saturated rings. The standard InChI is InChI=1S/C17H17FN6O2/c1-11-15(18)16(26)21-17(19-11)23-8-6-22(7-9-23)13-10-14(25)24-5-3-2-4-12(24)20-13/h2-5,10H,6-9H2,1H3,(H,19,21,26). The molecular formula is C17H17FN6O2. The van der Waals surface area contributed by atoms with Gasteiger partial charge in [0, 0.05) is 38.4 Å². The molecule has 26 heavy (non-hydrogen) atoms. The Morgan fingerprint density at radius 2 is 1.81 bits per heavy atom. The van der Waals surface area contributed by atoms with E-state index >= 15 is 0 Å². The maximum atomic E-state index is 13.5. The van der Waals surface area contributed by atoms with Crippen LogP contribution in [0.2, 0.25) is 0 Å². The zero-order chi connectivity index (χ0) is 18.3. The number of aromatic nitrogens is 4. The smallest absolute Gasteiger partial charge is 0.288 e.